The summed E-state index contributed by atoms with van der Waals surface area (Å²) in [6.45, 7) is 0. The van der Waals surface area contributed by atoms with Crippen LogP contribution in [0.5, 0.6) is 0 Å². The Morgan fingerprint density at radius 3 is 2.52 bits per heavy atom. The van der Waals surface area contributed by atoms with Gasteiger partial charge in [-0.15, -0.1) is 0 Å². The second kappa shape index (κ2) is 4.99. The van der Waals surface area contributed by atoms with Gasteiger partial charge in [-0.25, -0.2) is 9.97 Å². The number of rotatable bonds is 3. The quantitative estimate of drug-likeness (QED) is 0.845. The molecule has 1 aromatic carbocycles. The molecule has 0 unspecified atom stereocenters. The Morgan fingerprint density at radius 1 is 1.10 bits per heavy atom. The van der Waals surface area contributed by atoms with E-state index in [0.717, 1.165) is 17.3 Å². The minimum absolute atomic E-state index is 0.246. The van der Waals surface area contributed by atoms with Crippen molar-refractivity contribution in [2.24, 2.45) is 5.92 Å². The van der Waals surface area contributed by atoms with E-state index in [9.17, 15) is 0 Å². The molecule has 0 radical (unpaired) electrons. The lowest BCUT2D eigenvalue weighted by Gasteiger charge is -2.28. The number of fused-ring (bicyclic) bond motifs is 2. The molecular formula is C17H18ClN3. The van der Waals surface area contributed by atoms with Crippen molar-refractivity contribution in [3.8, 4) is 11.4 Å². The molecule has 0 saturated heterocycles. The highest BCUT2D eigenvalue weighted by atomic mass is 35.5. The summed E-state index contributed by atoms with van der Waals surface area (Å²) >= 11 is 6.19. The minimum atomic E-state index is 0.246. The highest BCUT2D eigenvalue weighted by Gasteiger charge is 2.44. The molecule has 2 bridgehead atoms. The fraction of sp³-hybridized carbons (Fsp3) is 0.412. The van der Waals surface area contributed by atoms with E-state index in [1.807, 2.05) is 36.4 Å². The van der Waals surface area contributed by atoms with Gasteiger partial charge in [-0.1, -0.05) is 41.9 Å². The molecule has 1 N–H and O–H groups in total. The maximum absolute atomic E-state index is 6.19. The van der Waals surface area contributed by atoms with Crippen LogP contribution in [0.25, 0.3) is 11.4 Å². The fourth-order valence-electron chi connectivity index (χ4n) is 3.84. The smallest absolute Gasteiger partial charge is 0.163 e. The van der Waals surface area contributed by atoms with E-state index < -0.39 is 0 Å². The van der Waals surface area contributed by atoms with Crippen molar-refractivity contribution < 1.29 is 0 Å². The molecule has 0 atom stereocenters. The number of nitrogens with one attached hydrogen (secondary N) is 1. The normalized spacial score (nSPS) is 27.0. The van der Waals surface area contributed by atoms with Gasteiger partial charge in [-0.2, -0.15) is 0 Å². The Balaban J connectivity index is 1.65. The van der Waals surface area contributed by atoms with Gasteiger partial charge in [0, 0.05) is 17.2 Å². The zero-order chi connectivity index (χ0) is 14.3. The molecule has 1 aromatic heterocycles. The molecular weight excluding hydrogens is 282 g/mol. The number of benzene rings is 1. The summed E-state index contributed by atoms with van der Waals surface area (Å²) < 4.78 is 0. The Hall–Kier alpha value is -1.61. The largest absolute Gasteiger partial charge is 0.364 e. The predicted molar refractivity (Wildman–Crippen MR) is 85.4 cm³/mol. The van der Waals surface area contributed by atoms with Crippen molar-refractivity contribution in [2.45, 2.75) is 37.6 Å². The molecule has 0 amide bonds. The monoisotopic (exact) mass is 299 g/mol. The Bertz CT molecular complexity index is 648. The van der Waals surface area contributed by atoms with E-state index in [1.54, 1.807) is 0 Å². The lowest BCUT2D eigenvalue weighted by atomic mass is 9.94. The van der Waals surface area contributed by atoms with E-state index in [4.69, 9.17) is 11.6 Å². The number of anilines is 1. The summed E-state index contributed by atoms with van der Waals surface area (Å²) in [5.41, 5.74) is 1.24. The van der Waals surface area contributed by atoms with Gasteiger partial charge >= 0.3 is 0 Å². The number of halogens is 1. The number of hydrogen-bond donors (Lipinski definition) is 1. The molecule has 1 heterocycles. The predicted octanol–water partition coefficient (Wildman–Crippen LogP) is 4.54. The van der Waals surface area contributed by atoms with Gasteiger partial charge in [0.15, 0.2) is 5.82 Å². The molecule has 2 aromatic rings. The summed E-state index contributed by atoms with van der Waals surface area (Å²) in [6, 6.07) is 11.8. The third kappa shape index (κ3) is 2.51. The van der Waals surface area contributed by atoms with Crippen LogP contribution < -0.4 is 5.32 Å². The minimum Gasteiger partial charge on any atom is -0.364 e. The van der Waals surface area contributed by atoms with Gasteiger partial charge in [-0.05, 0) is 38.0 Å². The topological polar surface area (TPSA) is 37.8 Å². The van der Waals surface area contributed by atoms with Crippen LogP contribution in [0.15, 0.2) is 36.4 Å². The van der Waals surface area contributed by atoms with Gasteiger partial charge < -0.3 is 5.32 Å². The fourth-order valence-corrected chi connectivity index (χ4v) is 4.02. The van der Waals surface area contributed by atoms with E-state index >= 15 is 0 Å². The van der Waals surface area contributed by atoms with E-state index in [2.05, 4.69) is 15.3 Å². The maximum Gasteiger partial charge on any atom is 0.163 e. The first-order valence-corrected chi connectivity index (χ1v) is 7.98. The third-order valence-corrected chi connectivity index (χ3v) is 5.06. The molecule has 4 heteroatoms. The van der Waals surface area contributed by atoms with Crippen LogP contribution in [0.4, 0.5) is 5.82 Å². The number of nitrogens with zero attached hydrogens (tertiary/aromatic N) is 2. The average Bonchev–Trinajstić information content (AvgIpc) is 3.07. The summed E-state index contributed by atoms with van der Waals surface area (Å²) in [6.07, 6.45) is 6.46. The molecule has 2 fully saturated rings. The molecule has 108 valence electrons. The van der Waals surface area contributed by atoms with Gasteiger partial charge in [-0.3, -0.25) is 0 Å². The first kappa shape index (κ1) is 13.1. The van der Waals surface area contributed by atoms with Crippen LogP contribution in [-0.4, -0.2) is 15.5 Å². The van der Waals surface area contributed by atoms with Gasteiger partial charge in [0.1, 0.15) is 11.0 Å². The second-order valence-electron chi connectivity index (χ2n) is 6.32. The zero-order valence-corrected chi connectivity index (χ0v) is 12.6. The first-order chi connectivity index (χ1) is 10.2. The van der Waals surface area contributed by atoms with Gasteiger partial charge in [0.25, 0.3) is 0 Å². The lowest BCUT2D eigenvalue weighted by molar-refractivity contribution is 0.446. The Kier molecular flexibility index (Phi) is 3.11. The Labute approximate surface area is 129 Å². The van der Waals surface area contributed by atoms with Crippen LogP contribution in [0.2, 0.25) is 5.15 Å². The molecule has 0 aliphatic heterocycles. The van der Waals surface area contributed by atoms with Gasteiger partial charge in [0.2, 0.25) is 0 Å². The number of hydrogen-bond acceptors (Lipinski definition) is 3. The SMILES string of the molecule is Clc1cc(NC23CCC(CC2)C3)nc(-c2ccccc2)n1. The molecule has 2 aliphatic carbocycles. The zero-order valence-electron chi connectivity index (χ0n) is 11.8. The van der Waals surface area contributed by atoms with Crippen molar-refractivity contribution in [1.29, 1.82) is 0 Å². The molecule has 2 aliphatic rings. The second-order valence-corrected chi connectivity index (χ2v) is 6.71. The molecule has 2 saturated carbocycles. The molecule has 4 rings (SSSR count). The summed E-state index contributed by atoms with van der Waals surface area (Å²) in [4.78, 5) is 9.02. The summed E-state index contributed by atoms with van der Waals surface area (Å²) in [5.74, 6) is 2.45. The van der Waals surface area contributed by atoms with Crippen LogP contribution >= 0.6 is 11.6 Å². The highest BCUT2D eigenvalue weighted by Crippen LogP contribution is 2.49. The van der Waals surface area contributed by atoms with Crippen molar-refractivity contribution in [2.75, 3.05) is 5.32 Å². The third-order valence-electron chi connectivity index (χ3n) is 4.86. The number of aromatic nitrogens is 2. The standard InChI is InChI=1S/C17H18ClN3/c18-14-10-15(21-17-8-6-12(11-17)7-9-17)20-16(19-14)13-4-2-1-3-5-13/h1-5,10,12H,6-9,11H2,(H,19,20,21). The molecule has 0 spiro atoms. The first-order valence-electron chi connectivity index (χ1n) is 7.61. The van der Waals surface area contributed by atoms with Crippen LogP contribution in [0.3, 0.4) is 0 Å². The molecule has 21 heavy (non-hydrogen) atoms. The molecule has 3 nitrogen and oxygen atoms in total. The summed E-state index contributed by atoms with van der Waals surface area (Å²) in [5, 5.41) is 4.16. The van der Waals surface area contributed by atoms with Crippen LogP contribution in [0, 0.1) is 5.92 Å². The highest BCUT2D eigenvalue weighted by molar-refractivity contribution is 6.29. The van der Waals surface area contributed by atoms with E-state index in [1.165, 1.54) is 32.1 Å². The van der Waals surface area contributed by atoms with Crippen molar-refractivity contribution in [3.05, 3.63) is 41.6 Å². The lowest BCUT2D eigenvalue weighted by Crippen LogP contribution is -2.33. The van der Waals surface area contributed by atoms with E-state index in [0.29, 0.717) is 11.0 Å². The summed E-state index contributed by atoms with van der Waals surface area (Å²) in [7, 11) is 0. The van der Waals surface area contributed by atoms with E-state index in [-0.39, 0.29) is 5.54 Å². The average molecular weight is 300 g/mol. The van der Waals surface area contributed by atoms with Crippen molar-refractivity contribution in [1.82, 2.24) is 9.97 Å². The Morgan fingerprint density at radius 2 is 1.86 bits per heavy atom. The van der Waals surface area contributed by atoms with Crippen LogP contribution in [-0.2, 0) is 0 Å². The van der Waals surface area contributed by atoms with Gasteiger partial charge in [0.05, 0.1) is 0 Å². The van der Waals surface area contributed by atoms with Crippen molar-refractivity contribution in [3.63, 3.8) is 0 Å². The van der Waals surface area contributed by atoms with Crippen molar-refractivity contribution >= 4 is 17.4 Å². The maximum atomic E-state index is 6.19. The van der Waals surface area contributed by atoms with Crippen LogP contribution in [0.1, 0.15) is 32.1 Å².